The van der Waals surface area contributed by atoms with Crippen molar-refractivity contribution in [3.63, 3.8) is 0 Å². The first-order valence-electron chi connectivity index (χ1n) is 7.98. The summed E-state index contributed by atoms with van der Waals surface area (Å²) in [6, 6.07) is 8.44. The van der Waals surface area contributed by atoms with Gasteiger partial charge in [-0.1, -0.05) is 17.7 Å². The SMILES string of the molecule is Cc1ccc(S(=O)(=O)n2ccc(C(=O)NCC3CCCN3)c2)cc1.Cl. The van der Waals surface area contributed by atoms with Crippen molar-refractivity contribution in [2.45, 2.75) is 30.7 Å². The number of carbonyl (C=O) groups excluding carboxylic acids is 1. The highest BCUT2D eigenvalue weighted by atomic mass is 35.5. The van der Waals surface area contributed by atoms with Crippen molar-refractivity contribution in [2.24, 2.45) is 0 Å². The van der Waals surface area contributed by atoms with Crippen molar-refractivity contribution in [3.8, 4) is 0 Å². The van der Waals surface area contributed by atoms with Crippen LogP contribution in [0.4, 0.5) is 0 Å². The molecular formula is C17H22ClN3O3S. The van der Waals surface area contributed by atoms with Crippen LogP contribution in [-0.2, 0) is 10.0 Å². The zero-order chi connectivity index (χ0) is 17.2. The average molecular weight is 384 g/mol. The zero-order valence-corrected chi connectivity index (χ0v) is 15.6. The third kappa shape index (κ3) is 4.42. The fourth-order valence-corrected chi connectivity index (χ4v) is 3.94. The molecular weight excluding hydrogens is 362 g/mol. The van der Waals surface area contributed by atoms with Gasteiger partial charge in [-0.25, -0.2) is 12.4 Å². The molecule has 1 fully saturated rings. The molecule has 0 aliphatic carbocycles. The van der Waals surface area contributed by atoms with Crippen LogP contribution in [0.5, 0.6) is 0 Å². The normalized spacial score (nSPS) is 17.1. The summed E-state index contributed by atoms with van der Waals surface area (Å²) in [5.41, 5.74) is 1.32. The van der Waals surface area contributed by atoms with E-state index in [2.05, 4.69) is 10.6 Å². The number of halogens is 1. The Labute approximate surface area is 154 Å². The Hall–Kier alpha value is -1.83. The summed E-state index contributed by atoms with van der Waals surface area (Å²) in [5.74, 6) is -0.262. The van der Waals surface area contributed by atoms with E-state index in [1.807, 2.05) is 6.92 Å². The van der Waals surface area contributed by atoms with Crippen molar-refractivity contribution in [3.05, 3.63) is 53.9 Å². The van der Waals surface area contributed by atoms with Crippen LogP contribution in [0.3, 0.4) is 0 Å². The minimum Gasteiger partial charge on any atom is -0.350 e. The Bertz CT molecular complexity index is 825. The van der Waals surface area contributed by atoms with Gasteiger partial charge in [0, 0.05) is 25.0 Å². The minimum absolute atomic E-state index is 0. The molecule has 0 bridgehead atoms. The van der Waals surface area contributed by atoms with E-state index in [9.17, 15) is 13.2 Å². The largest absolute Gasteiger partial charge is 0.350 e. The summed E-state index contributed by atoms with van der Waals surface area (Å²) in [6.45, 7) is 3.42. The summed E-state index contributed by atoms with van der Waals surface area (Å²) in [7, 11) is -3.67. The molecule has 136 valence electrons. The lowest BCUT2D eigenvalue weighted by atomic mass is 10.2. The van der Waals surface area contributed by atoms with Gasteiger partial charge in [0.05, 0.1) is 10.5 Å². The summed E-state index contributed by atoms with van der Waals surface area (Å²) in [5, 5.41) is 6.15. The van der Waals surface area contributed by atoms with Gasteiger partial charge in [-0.15, -0.1) is 12.4 Å². The molecule has 25 heavy (non-hydrogen) atoms. The van der Waals surface area contributed by atoms with Gasteiger partial charge >= 0.3 is 0 Å². The van der Waals surface area contributed by atoms with E-state index in [1.54, 1.807) is 24.3 Å². The number of rotatable bonds is 5. The monoisotopic (exact) mass is 383 g/mol. The number of carbonyl (C=O) groups is 1. The number of aryl methyl sites for hydroxylation is 1. The first kappa shape index (κ1) is 19.5. The van der Waals surface area contributed by atoms with Gasteiger partial charge in [0.25, 0.3) is 15.9 Å². The van der Waals surface area contributed by atoms with Crippen molar-refractivity contribution < 1.29 is 13.2 Å². The molecule has 2 aromatic rings. The Balaban J connectivity index is 0.00000225. The van der Waals surface area contributed by atoms with Crippen LogP contribution in [-0.4, -0.2) is 37.4 Å². The zero-order valence-electron chi connectivity index (χ0n) is 13.9. The number of benzene rings is 1. The van der Waals surface area contributed by atoms with Crippen molar-refractivity contribution in [2.75, 3.05) is 13.1 Å². The van der Waals surface area contributed by atoms with E-state index in [-0.39, 0.29) is 23.2 Å². The van der Waals surface area contributed by atoms with Crippen LogP contribution in [0, 0.1) is 6.92 Å². The van der Waals surface area contributed by atoms with Crippen molar-refractivity contribution in [1.82, 2.24) is 14.6 Å². The lowest BCUT2D eigenvalue weighted by Gasteiger charge is -2.10. The van der Waals surface area contributed by atoms with Gasteiger partial charge in [0.15, 0.2) is 0 Å². The van der Waals surface area contributed by atoms with Gasteiger partial charge in [-0.05, 0) is 44.5 Å². The topological polar surface area (TPSA) is 80.2 Å². The smallest absolute Gasteiger partial charge is 0.267 e. The molecule has 1 unspecified atom stereocenters. The second-order valence-electron chi connectivity index (χ2n) is 6.05. The molecule has 1 aromatic carbocycles. The molecule has 1 aliphatic rings. The van der Waals surface area contributed by atoms with Gasteiger partial charge in [-0.2, -0.15) is 0 Å². The molecule has 0 radical (unpaired) electrons. The molecule has 1 saturated heterocycles. The maximum absolute atomic E-state index is 12.6. The predicted molar refractivity (Wildman–Crippen MR) is 98.8 cm³/mol. The first-order valence-corrected chi connectivity index (χ1v) is 9.42. The Morgan fingerprint density at radius 2 is 2.00 bits per heavy atom. The number of hydrogen-bond acceptors (Lipinski definition) is 4. The first-order chi connectivity index (χ1) is 11.5. The summed E-state index contributed by atoms with van der Waals surface area (Å²) in [6.07, 6.45) is 4.92. The van der Waals surface area contributed by atoms with Crippen LogP contribution in [0.2, 0.25) is 0 Å². The second kappa shape index (κ2) is 8.03. The Kier molecular flexibility index (Phi) is 6.26. The number of hydrogen-bond donors (Lipinski definition) is 2. The summed E-state index contributed by atoms with van der Waals surface area (Å²) >= 11 is 0. The molecule has 1 aliphatic heterocycles. The van der Waals surface area contributed by atoms with Gasteiger partial charge in [0.1, 0.15) is 0 Å². The molecule has 8 heteroatoms. The van der Waals surface area contributed by atoms with Gasteiger partial charge in [-0.3, -0.25) is 4.79 Å². The van der Waals surface area contributed by atoms with Crippen LogP contribution in [0.15, 0.2) is 47.6 Å². The van der Waals surface area contributed by atoms with E-state index in [0.717, 1.165) is 28.9 Å². The molecule has 2 heterocycles. The van der Waals surface area contributed by atoms with E-state index in [4.69, 9.17) is 0 Å². The third-order valence-corrected chi connectivity index (χ3v) is 5.85. The number of nitrogens with zero attached hydrogens (tertiary/aromatic N) is 1. The van der Waals surface area contributed by atoms with Gasteiger partial charge < -0.3 is 10.6 Å². The molecule has 3 rings (SSSR count). The van der Waals surface area contributed by atoms with Crippen LogP contribution < -0.4 is 10.6 Å². The lowest BCUT2D eigenvalue weighted by molar-refractivity contribution is 0.0950. The van der Waals surface area contributed by atoms with Gasteiger partial charge in [0.2, 0.25) is 0 Å². The molecule has 0 saturated carbocycles. The van der Waals surface area contributed by atoms with E-state index in [1.165, 1.54) is 18.5 Å². The number of aromatic nitrogens is 1. The standard InChI is InChI=1S/C17H21N3O3S.ClH/c1-13-4-6-16(7-5-13)24(22,23)20-10-8-14(12-20)17(21)19-11-15-3-2-9-18-15;/h4-8,10,12,15,18H,2-3,9,11H2,1H3,(H,19,21);1H. The molecule has 1 amide bonds. The van der Waals surface area contributed by atoms with Crippen LogP contribution in [0.25, 0.3) is 0 Å². The van der Waals surface area contributed by atoms with Crippen LogP contribution >= 0.6 is 12.4 Å². The van der Waals surface area contributed by atoms with E-state index < -0.39 is 10.0 Å². The average Bonchev–Trinajstić information content (AvgIpc) is 3.25. The van der Waals surface area contributed by atoms with Crippen LogP contribution in [0.1, 0.15) is 28.8 Å². The second-order valence-corrected chi connectivity index (χ2v) is 7.89. The highest BCUT2D eigenvalue weighted by Crippen LogP contribution is 2.16. The highest BCUT2D eigenvalue weighted by Gasteiger charge is 2.19. The summed E-state index contributed by atoms with van der Waals surface area (Å²) in [4.78, 5) is 12.4. The molecule has 6 nitrogen and oxygen atoms in total. The third-order valence-electron chi connectivity index (χ3n) is 4.20. The number of nitrogens with one attached hydrogen (secondary N) is 2. The maximum Gasteiger partial charge on any atom is 0.267 e. The molecule has 0 spiro atoms. The molecule has 1 atom stereocenters. The molecule has 1 aromatic heterocycles. The fraction of sp³-hybridized carbons (Fsp3) is 0.353. The maximum atomic E-state index is 12.6. The van der Waals surface area contributed by atoms with E-state index >= 15 is 0 Å². The Morgan fingerprint density at radius 3 is 2.64 bits per heavy atom. The number of amides is 1. The minimum atomic E-state index is -3.67. The van der Waals surface area contributed by atoms with E-state index in [0.29, 0.717) is 18.2 Å². The highest BCUT2D eigenvalue weighted by molar-refractivity contribution is 7.90. The quantitative estimate of drug-likeness (QED) is 0.826. The predicted octanol–water partition coefficient (Wildman–Crippen LogP) is 1.94. The fourth-order valence-electron chi connectivity index (χ4n) is 2.74. The van der Waals surface area contributed by atoms with Crippen molar-refractivity contribution in [1.29, 1.82) is 0 Å². The lowest BCUT2D eigenvalue weighted by Crippen LogP contribution is -2.37. The van der Waals surface area contributed by atoms with Crippen molar-refractivity contribution >= 4 is 28.3 Å². The Morgan fingerprint density at radius 1 is 1.28 bits per heavy atom. The molecule has 2 N–H and O–H groups in total. The summed E-state index contributed by atoms with van der Waals surface area (Å²) < 4.78 is 26.2.